The number of pyridine rings is 1. The van der Waals surface area contributed by atoms with Crippen LogP contribution < -0.4 is 16.2 Å². The highest BCUT2D eigenvalue weighted by atomic mass is 35.5. The first-order chi connectivity index (χ1) is 15.4. The number of hydrogen-bond acceptors (Lipinski definition) is 7. The summed E-state index contributed by atoms with van der Waals surface area (Å²) >= 11 is 6.91. The summed E-state index contributed by atoms with van der Waals surface area (Å²) in [5.74, 6) is -2.31. The van der Waals surface area contributed by atoms with E-state index in [1.54, 1.807) is 24.3 Å². The Kier molecular flexibility index (Phi) is 6.10. The van der Waals surface area contributed by atoms with Gasteiger partial charge in [-0.05, 0) is 30.3 Å². The maximum Gasteiger partial charge on any atom is 0.316 e. The second-order valence-electron chi connectivity index (χ2n) is 6.33. The number of carbonyl (C=O) groups is 2. The van der Waals surface area contributed by atoms with E-state index in [0.717, 1.165) is 17.4 Å². The number of hydrogen-bond donors (Lipinski definition) is 2. The molecule has 12 heteroatoms. The molecule has 9 nitrogen and oxygen atoms in total. The first kappa shape index (κ1) is 21.4. The summed E-state index contributed by atoms with van der Waals surface area (Å²) in [7, 11) is 0. The zero-order valence-electron chi connectivity index (χ0n) is 16.0. The van der Waals surface area contributed by atoms with Gasteiger partial charge in [0.25, 0.3) is 11.5 Å². The fraction of sp³-hybridized carbons (Fsp3) is 0.0500. The molecule has 3 heterocycles. The third kappa shape index (κ3) is 4.74. The minimum atomic E-state index is -0.830. The number of carbonyl (C=O) groups excluding carboxylic acids is 2. The predicted octanol–water partition coefficient (Wildman–Crippen LogP) is 3.26. The lowest BCUT2D eigenvalue weighted by Gasteiger charge is -2.08. The van der Waals surface area contributed by atoms with Gasteiger partial charge in [-0.1, -0.05) is 22.8 Å². The van der Waals surface area contributed by atoms with Gasteiger partial charge in [0.15, 0.2) is 5.82 Å². The lowest BCUT2D eigenvalue weighted by Crippen LogP contribution is -2.22. The average molecular weight is 474 g/mol. The van der Waals surface area contributed by atoms with E-state index in [1.807, 2.05) is 0 Å². The number of anilines is 1. The fourth-order valence-corrected chi connectivity index (χ4v) is 3.63. The van der Waals surface area contributed by atoms with Gasteiger partial charge in [0.1, 0.15) is 5.82 Å². The Labute approximate surface area is 188 Å². The van der Waals surface area contributed by atoms with Crippen LogP contribution in [0.2, 0.25) is 4.34 Å². The minimum Gasteiger partial charge on any atom is -0.344 e. The summed E-state index contributed by atoms with van der Waals surface area (Å²) in [5.41, 5.74) is -0.157. The molecule has 4 aromatic rings. The molecule has 0 bridgehead atoms. The number of nitrogens with zero attached hydrogens (tertiary/aromatic N) is 3. The summed E-state index contributed by atoms with van der Waals surface area (Å²) < 4.78 is 21.1. The Morgan fingerprint density at radius 2 is 2.00 bits per heavy atom. The smallest absolute Gasteiger partial charge is 0.316 e. The number of halogens is 2. The van der Waals surface area contributed by atoms with Crippen LogP contribution in [0.1, 0.15) is 26.2 Å². The molecule has 0 atom stereocenters. The molecule has 0 spiro atoms. The molecule has 0 radical (unpaired) electrons. The Morgan fingerprint density at radius 1 is 1.16 bits per heavy atom. The van der Waals surface area contributed by atoms with Crippen molar-refractivity contribution in [2.24, 2.45) is 0 Å². The number of aromatic nitrogens is 3. The van der Waals surface area contributed by atoms with Gasteiger partial charge in [-0.3, -0.25) is 19.0 Å². The molecule has 0 fully saturated rings. The predicted molar refractivity (Wildman–Crippen MR) is 115 cm³/mol. The van der Waals surface area contributed by atoms with E-state index in [-0.39, 0.29) is 29.5 Å². The van der Waals surface area contributed by atoms with Crippen LogP contribution >= 0.6 is 22.9 Å². The molecule has 0 saturated carbocycles. The van der Waals surface area contributed by atoms with E-state index >= 15 is 0 Å². The van der Waals surface area contributed by atoms with Crippen molar-refractivity contribution in [3.63, 3.8) is 0 Å². The van der Waals surface area contributed by atoms with Crippen LogP contribution in [0.25, 0.3) is 5.69 Å². The lowest BCUT2D eigenvalue weighted by molar-refractivity contribution is 0.0951. The van der Waals surface area contributed by atoms with Crippen molar-refractivity contribution in [3.8, 4) is 5.69 Å². The molecule has 32 heavy (non-hydrogen) atoms. The molecule has 1 aromatic carbocycles. The summed E-state index contributed by atoms with van der Waals surface area (Å²) in [6.45, 7) is -0.0833. The van der Waals surface area contributed by atoms with Gasteiger partial charge in [0.2, 0.25) is 0 Å². The summed E-state index contributed by atoms with van der Waals surface area (Å²) in [4.78, 5) is 40.5. The molecular formula is C20H13ClFN5O4S. The van der Waals surface area contributed by atoms with E-state index in [4.69, 9.17) is 16.1 Å². The van der Waals surface area contributed by atoms with Crippen LogP contribution in [-0.2, 0) is 6.54 Å². The normalized spacial score (nSPS) is 10.7. The second kappa shape index (κ2) is 9.12. The zero-order chi connectivity index (χ0) is 22.7. The van der Waals surface area contributed by atoms with Gasteiger partial charge in [-0.2, -0.15) is 4.98 Å². The first-order valence-corrected chi connectivity index (χ1v) is 10.3. The molecule has 0 unspecified atom stereocenters. The Hall–Kier alpha value is -3.83. The van der Waals surface area contributed by atoms with E-state index < -0.39 is 17.6 Å². The van der Waals surface area contributed by atoms with Crippen molar-refractivity contribution in [2.45, 2.75) is 6.54 Å². The summed E-state index contributed by atoms with van der Waals surface area (Å²) in [6, 6.07) is 11.6. The Morgan fingerprint density at radius 3 is 2.72 bits per heavy atom. The van der Waals surface area contributed by atoms with Crippen LogP contribution in [0.15, 0.2) is 64.0 Å². The van der Waals surface area contributed by atoms with Gasteiger partial charge in [-0.25, -0.2) is 4.39 Å². The number of thiophene rings is 1. The minimum absolute atomic E-state index is 0.0606. The van der Waals surface area contributed by atoms with Gasteiger partial charge >= 0.3 is 11.8 Å². The monoisotopic (exact) mass is 473 g/mol. The molecule has 4 rings (SSSR count). The summed E-state index contributed by atoms with van der Waals surface area (Å²) in [5, 5.41) is 8.52. The van der Waals surface area contributed by atoms with Crippen molar-refractivity contribution in [2.75, 3.05) is 5.32 Å². The number of nitrogens with one attached hydrogen (secondary N) is 2. The molecule has 0 saturated heterocycles. The van der Waals surface area contributed by atoms with Crippen molar-refractivity contribution in [1.82, 2.24) is 20.0 Å². The lowest BCUT2D eigenvalue weighted by atomic mass is 10.2. The molecule has 3 aromatic heterocycles. The standard InChI is InChI=1S/C20H13ClFN5O4S/c21-15-7-6-14(32-15)18(29)23-10-16-25-20(31-26-16)19(30)24-13-5-4-11(9-12(13)22)27-8-2-1-3-17(27)28/h1-9H,10H2,(H,23,29)(H,24,30). The highest BCUT2D eigenvalue weighted by Crippen LogP contribution is 2.21. The molecular weight excluding hydrogens is 461 g/mol. The van der Waals surface area contributed by atoms with Crippen molar-refractivity contribution < 1.29 is 18.5 Å². The van der Waals surface area contributed by atoms with Gasteiger partial charge in [0.05, 0.1) is 27.1 Å². The van der Waals surface area contributed by atoms with Crippen molar-refractivity contribution in [1.29, 1.82) is 0 Å². The maximum absolute atomic E-state index is 14.5. The third-order valence-corrected chi connectivity index (χ3v) is 5.40. The molecule has 2 N–H and O–H groups in total. The first-order valence-electron chi connectivity index (χ1n) is 9.06. The van der Waals surface area contributed by atoms with Crippen molar-refractivity contribution in [3.05, 3.63) is 91.8 Å². The highest BCUT2D eigenvalue weighted by molar-refractivity contribution is 7.17. The topological polar surface area (TPSA) is 119 Å². The average Bonchev–Trinajstić information content (AvgIpc) is 3.43. The Bertz CT molecular complexity index is 1370. The molecule has 0 aliphatic rings. The fourth-order valence-electron chi connectivity index (χ4n) is 2.67. The van der Waals surface area contributed by atoms with E-state index in [2.05, 4.69) is 20.8 Å². The van der Waals surface area contributed by atoms with E-state index in [0.29, 0.717) is 14.9 Å². The SMILES string of the molecule is O=C(Nc1ccc(-n2ccccc2=O)cc1F)c1nc(CNC(=O)c2ccc(Cl)s2)no1. The molecule has 0 aliphatic heterocycles. The quantitative estimate of drug-likeness (QED) is 0.443. The van der Waals surface area contributed by atoms with Crippen LogP contribution in [0.4, 0.5) is 10.1 Å². The van der Waals surface area contributed by atoms with E-state index in [1.165, 1.54) is 29.0 Å². The van der Waals surface area contributed by atoms with Crippen LogP contribution in [0, 0.1) is 5.82 Å². The van der Waals surface area contributed by atoms with Crippen LogP contribution in [-0.4, -0.2) is 26.5 Å². The highest BCUT2D eigenvalue weighted by Gasteiger charge is 2.18. The number of amides is 2. The van der Waals surface area contributed by atoms with Crippen LogP contribution in [0.3, 0.4) is 0 Å². The van der Waals surface area contributed by atoms with Crippen LogP contribution in [0.5, 0.6) is 0 Å². The van der Waals surface area contributed by atoms with Gasteiger partial charge < -0.3 is 15.2 Å². The number of benzene rings is 1. The van der Waals surface area contributed by atoms with Gasteiger partial charge in [-0.15, -0.1) is 11.3 Å². The Balaban J connectivity index is 1.40. The largest absolute Gasteiger partial charge is 0.344 e. The molecule has 0 aliphatic carbocycles. The van der Waals surface area contributed by atoms with Gasteiger partial charge in [0, 0.05) is 18.3 Å². The maximum atomic E-state index is 14.5. The summed E-state index contributed by atoms with van der Waals surface area (Å²) in [6.07, 6.45) is 1.50. The molecule has 162 valence electrons. The zero-order valence-corrected chi connectivity index (χ0v) is 17.6. The molecule has 2 amide bonds. The number of rotatable bonds is 6. The second-order valence-corrected chi connectivity index (χ2v) is 8.04. The van der Waals surface area contributed by atoms with E-state index in [9.17, 15) is 18.8 Å². The van der Waals surface area contributed by atoms with Crippen molar-refractivity contribution >= 4 is 40.4 Å². The third-order valence-electron chi connectivity index (χ3n) is 4.17.